The van der Waals surface area contributed by atoms with Crippen molar-refractivity contribution < 1.29 is 4.92 Å². The number of benzene rings is 1. The van der Waals surface area contributed by atoms with Crippen LogP contribution in [0.1, 0.15) is 52.0 Å². The molecule has 0 bridgehead atoms. The molecule has 0 aliphatic heterocycles. The molecule has 116 valence electrons. The molecule has 1 N–H and O–H groups in total. The Balaban J connectivity index is 2.25. The smallest absolute Gasteiger partial charge is 0.292 e. The van der Waals surface area contributed by atoms with Gasteiger partial charge in [-0.05, 0) is 42.7 Å². The number of hydrogen-bond acceptors (Lipinski definition) is 3. The van der Waals surface area contributed by atoms with Crippen LogP contribution in [0.5, 0.6) is 0 Å². The first-order valence-electron chi connectivity index (χ1n) is 7.80. The van der Waals surface area contributed by atoms with Gasteiger partial charge in [0, 0.05) is 12.1 Å². The Kier molecular flexibility index (Phi) is 4.55. The SMILES string of the molecule is Cc1ccc(NC2CCCCC2C(C)(C)C)c([N+](=O)[O-])c1. The summed E-state index contributed by atoms with van der Waals surface area (Å²) >= 11 is 0. The lowest BCUT2D eigenvalue weighted by molar-refractivity contribution is -0.384. The molecule has 0 amide bonds. The normalized spacial score (nSPS) is 22.9. The molecule has 1 aliphatic rings. The van der Waals surface area contributed by atoms with E-state index in [1.165, 1.54) is 19.3 Å². The second-order valence-corrected chi connectivity index (χ2v) is 7.29. The monoisotopic (exact) mass is 290 g/mol. The molecule has 1 aromatic carbocycles. The average molecular weight is 290 g/mol. The van der Waals surface area contributed by atoms with E-state index in [0.717, 1.165) is 12.0 Å². The highest BCUT2D eigenvalue weighted by atomic mass is 16.6. The van der Waals surface area contributed by atoms with E-state index in [4.69, 9.17) is 0 Å². The molecule has 0 aromatic heterocycles. The predicted octanol–water partition coefficient (Wildman–Crippen LogP) is 4.92. The van der Waals surface area contributed by atoms with E-state index in [1.54, 1.807) is 6.07 Å². The molecular weight excluding hydrogens is 264 g/mol. The fourth-order valence-corrected chi connectivity index (χ4v) is 3.45. The molecule has 2 atom stereocenters. The molecule has 0 spiro atoms. The topological polar surface area (TPSA) is 55.2 Å². The Morgan fingerprint density at radius 3 is 2.52 bits per heavy atom. The maximum atomic E-state index is 11.3. The van der Waals surface area contributed by atoms with Crippen molar-refractivity contribution in [2.75, 3.05) is 5.32 Å². The van der Waals surface area contributed by atoms with Crippen molar-refractivity contribution in [2.45, 2.75) is 59.4 Å². The zero-order valence-electron chi connectivity index (χ0n) is 13.5. The second kappa shape index (κ2) is 6.04. The predicted molar refractivity (Wildman–Crippen MR) is 86.7 cm³/mol. The molecule has 2 unspecified atom stereocenters. The third kappa shape index (κ3) is 3.74. The van der Waals surface area contributed by atoms with Gasteiger partial charge < -0.3 is 5.32 Å². The fraction of sp³-hybridized carbons (Fsp3) is 0.647. The van der Waals surface area contributed by atoms with Crippen LogP contribution in [0.4, 0.5) is 11.4 Å². The van der Waals surface area contributed by atoms with Crippen LogP contribution >= 0.6 is 0 Å². The van der Waals surface area contributed by atoms with E-state index in [1.807, 2.05) is 19.1 Å². The zero-order valence-corrected chi connectivity index (χ0v) is 13.5. The van der Waals surface area contributed by atoms with Gasteiger partial charge in [0.2, 0.25) is 0 Å². The average Bonchev–Trinajstić information content (AvgIpc) is 2.40. The van der Waals surface area contributed by atoms with Gasteiger partial charge in [-0.3, -0.25) is 10.1 Å². The van der Waals surface area contributed by atoms with Crippen LogP contribution in [0.15, 0.2) is 18.2 Å². The molecule has 1 fully saturated rings. The van der Waals surface area contributed by atoms with Gasteiger partial charge >= 0.3 is 0 Å². The molecular formula is C17H26N2O2. The Morgan fingerprint density at radius 2 is 1.90 bits per heavy atom. The van der Waals surface area contributed by atoms with Crippen LogP contribution in [0, 0.1) is 28.4 Å². The van der Waals surface area contributed by atoms with Gasteiger partial charge in [-0.25, -0.2) is 0 Å². The molecule has 1 aromatic rings. The Bertz CT molecular complexity index is 520. The van der Waals surface area contributed by atoms with Crippen LogP contribution in [0.25, 0.3) is 0 Å². The summed E-state index contributed by atoms with van der Waals surface area (Å²) in [4.78, 5) is 11.0. The minimum Gasteiger partial charge on any atom is -0.376 e. The van der Waals surface area contributed by atoms with Gasteiger partial charge in [0.15, 0.2) is 0 Å². The van der Waals surface area contributed by atoms with Crippen molar-refractivity contribution in [3.63, 3.8) is 0 Å². The van der Waals surface area contributed by atoms with Crippen molar-refractivity contribution >= 4 is 11.4 Å². The minimum absolute atomic E-state index is 0.188. The van der Waals surface area contributed by atoms with E-state index < -0.39 is 0 Å². The number of nitro groups is 1. The molecule has 2 rings (SSSR count). The van der Waals surface area contributed by atoms with E-state index in [0.29, 0.717) is 17.6 Å². The van der Waals surface area contributed by atoms with E-state index in [2.05, 4.69) is 26.1 Å². The maximum absolute atomic E-state index is 11.3. The summed E-state index contributed by atoms with van der Waals surface area (Å²) in [6, 6.07) is 5.75. The zero-order chi connectivity index (χ0) is 15.6. The van der Waals surface area contributed by atoms with Gasteiger partial charge in [0.05, 0.1) is 4.92 Å². The molecule has 0 saturated heterocycles. The van der Waals surface area contributed by atoms with Gasteiger partial charge in [0.25, 0.3) is 5.69 Å². The Labute approximate surface area is 127 Å². The number of hydrogen-bond donors (Lipinski definition) is 1. The molecule has 4 nitrogen and oxygen atoms in total. The molecule has 4 heteroatoms. The third-order valence-electron chi connectivity index (χ3n) is 4.57. The van der Waals surface area contributed by atoms with Gasteiger partial charge in [-0.1, -0.05) is 39.7 Å². The van der Waals surface area contributed by atoms with Crippen LogP contribution in [0.2, 0.25) is 0 Å². The number of nitrogens with one attached hydrogen (secondary N) is 1. The van der Waals surface area contributed by atoms with Gasteiger partial charge in [-0.15, -0.1) is 0 Å². The van der Waals surface area contributed by atoms with Crippen molar-refractivity contribution in [1.29, 1.82) is 0 Å². The molecule has 0 radical (unpaired) electrons. The van der Waals surface area contributed by atoms with Crippen molar-refractivity contribution in [3.8, 4) is 0 Å². The number of rotatable bonds is 3. The number of anilines is 1. The largest absolute Gasteiger partial charge is 0.376 e. The van der Waals surface area contributed by atoms with Crippen LogP contribution in [0.3, 0.4) is 0 Å². The standard InChI is InChI=1S/C17H26N2O2/c1-12-9-10-15(16(11-12)19(20)21)18-14-8-6-5-7-13(14)17(2,3)4/h9-11,13-14,18H,5-8H2,1-4H3. The third-order valence-corrected chi connectivity index (χ3v) is 4.57. The lowest BCUT2D eigenvalue weighted by Crippen LogP contribution is -2.39. The summed E-state index contributed by atoms with van der Waals surface area (Å²) in [5.74, 6) is 0.548. The molecule has 1 aliphatic carbocycles. The van der Waals surface area contributed by atoms with Gasteiger partial charge in [0.1, 0.15) is 5.69 Å². The van der Waals surface area contributed by atoms with Crippen LogP contribution in [-0.2, 0) is 0 Å². The fourth-order valence-electron chi connectivity index (χ4n) is 3.45. The summed E-state index contributed by atoms with van der Waals surface area (Å²) in [5.41, 5.74) is 1.99. The highest BCUT2D eigenvalue weighted by Gasteiger charge is 2.34. The summed E-state index contributed by atoms with van der Waals surface area (Å²) < 4.78 is 0. The molecule has 21 heavy (non-hydrogen) atoms. The highest BCUT2D eigenvalue weighted by Crippen LogP contribution is 2.40. The first-order chi connectivity index (χ1) is 9.79. The van der Waals surface area contributed by atoms with Crippen LogP contribution < -0.4 is 5.32 Å². The summed E-state index contributed by atoms with van der Waals surface area (Å²) in [7, 11) is 0. The lowest BCUT2D eigenvalue weighted by Gasteiger charge is -2.41. The van der Waals surface area contributed by atoms with Crippen molar-refractivity contribution in [3.05, 3.63) is 33.9 Å². The lowest BCUT2D eigenvalue weighted by atomic mass is 9.69. The highest BCUT2D eigenvalue weighted by molar-refractivity contribution is 5.63. The van der Waals surface area contributed by atoms with E-state index in [-0.39, 0.29) is 16.0 Å². The first-order valence-corrected chi connectivity index (χ1v) is 7.80. The van der Waals surface area contributed by atoms with Gasteiger partial charge in [-0.2, -0.15) is 0 Å². The molecule has 1 saturated carbocycles. The number of nitro benzene ring substituents is 1. The molecule has 0 heterocycles. The number of nitrogens with zero attached hydrogens (tertiary/aromatic N) is 1. The quantitative estimate of drug-likeness (QED) is 0.635. The van der Waals surface area contributed by atoms with Crippen LogP contribution in [-0.4, -0.2) is 11.0 Å². The van der Waals surface area contributed by atoms with Crippen molar-refractivity contribution in [2.24, 2.45) is 11.3 Å². The van der Waals surface area contributed by atoms with Crippen molar-refractivity contribution in [1.82, 2.24) is 0 Å². The Morgan fingerprint density at radius 1 is 1.24 bits per heavy atom. The van der Waals surface area contributed by atoms with E-state index in [9.17, 15) is 10.1 Å². The minimum atomic E-state index is -0.287. The number of aryl methyl sites for hydroxylation is 1. The second-order valence-electron chi connectivity index (χ2n) is 7.29. The summed E-state index contributed by atoms with van der Waals surface area (Å²) in [6.45, 7) is 8.68. The Hall–Kier alpha value is -1.58. The summed E-state index contributed by atoms with van der Waals surface area (Å²) in [5, 5.41) is 14.7. The van der Waals surface area contributed by atoms with E-state index >= 15 is 0 Å². The maximum Gasteiger partial charge on any atom is 0.292 e. The first kappa shape index (κ1) is 15.8. The summed E-state index contributed by atoms with van der Waals surface area (Å²) in [6.07, 6.45) is 4.74.